The van der Waals surface area contributed by atoms with E-state index in [1.165, 1.54) is 17.7 Å². The minimum absolute atomic E-state index is 0.167. The van der Waals surface area contributed by atoms with E-state index in [0.29, 0.717) is 11.1 Å². The number of rotatable bonds is 3. The van der Waals surface area contributed by atoms with Gasteiger partial charge in [-0.3, -0.25) is 4.98 Å². The van der Waals surface area contributed by atoms with Crippen LogP contribution in [0.3, 0.4) is 0 Å². The zero-order valence-corrected chi connectivity index (χ0v) is 15.6. The molecule has 136 valence electrons. The Labute approximate surface area is 158 Å². The van der Waals surface area contributed by atoms with Crippen molar-refractivity contribution in [3.05, 3.63) is 83.3 Å². The van der Waals surface area contributed by atoms with Crippen LogP contribution in [-0.4, -0.2) is 4.98 Å². The monoisotopic (exact) mass is 362 g/mol. The van der Waals surface area contributed by atoms with Crippen LogP contribution in [0.5, 0.6) is 0 Å². The summed E-state index contributed by atoms with van der Waals surface area (Å²) in [5.41, 5.74) is 3.54. The third-order valence-electron chi connectivity index (χ3n) is 4.18. The van der Waals surface area contributed by atoms with Gasteiger partial charge < -0.3 is 0 Å². The molecule has 2 aromatic carbocycles. The molecule has 27 heavy (non-hydrogen) atoms. The highest BCUT2D eigenvalue weighted by Crippen LogP contribution is 2.31. The third-order valence-corrected chi connectivity index (χ3v) is 4.18. The van der Waals surface area contributed by atoms with Crippen LogP contribution in [0.2, 0.25) is 0 Å². The van der Waals surface area contributed by atoms with Crippen LogP contribution in [0.15, 0.2) is 54.7 Å². The van der Waals surface area contributed by atoms with E-state index in [4.69, 9.17) is 6.57 Å². The van der Waals surface area contributed by atoms with Crippen LogP contribution in [0, 0.1) is 23.6 Å². The molecule has 0 aliphatic rings. The molecule has 0 aliphatic carbocycles. The van der Waals surface area contributed by atoms with Gasteiger partial charge >= 0.3 is 0 Å². The Balaban J connectivity index is 2.00. The molecule has 0 saturated heterocycles. The molecule has 0 fully saturated rings. The lowest BCUT2D eigenvalue weighted by molar-refractivity contribution is 0.411. The number of nitrogens with zero attached hydrogens (tertiary/aromatic N) is 2. The lowest BCUT2D eigenvalue weighted by atomic mass is 9.88. The summed E-state index contributed by atoms with van der Waals surface area (Å²) in [5, 5.41) is 0. The fourth-order valence-corrected chi connectivity index (χ4v) is 3.05. The second-order valence-corrected chi connectivity index (χ2v) is 7.77. The van der Waals surface area contributed by atoms with Gasteiger partial charge in [-0.25, -0.2) is 13.6 Å². The number of aromatic nitrogens is 1. The van der Waals surface area contributed by atoms with Crippen molar-refractivity contribution >= 4 is 5.69 Å². The molecule has 0 N–H and O–H groups in total. The predicted molar refractivity (Wildman–Crippen MR) is 104 cm³/mol. The van der Waals surface area contributed by atoms with E-state index in [2.05, 4.69) is 30.6 Å². The average Bonchev–Trinajstić information content (AvgIpc) is 2.60. The van der Waals surface area contributed by atoms with Gasteiger partial charge in [0.15, 0.2) is 0 Å². The smallest absolute Gasteiger partial charge is 0.256 e. The quantitative estimate of drug-likeness (QED) is 0.467. The molecule has 0 amide bonds. The molecule has 0 saturated carbocycles. The maximum Gasteiger partial charge on any atom is 0.256 e. The number of benzene rings is 2. The standard InChI is InChI=1S/C23H20F2N2/c1-23(2,3)14-15-8-9-27-21(10-15)17-7-5-6-16(11-17)18-12-19(24)22(26-4)20(25)13-18/h5-13H,14H2,1-3H3. The van der Waals surface area contributed by atoms with Crippen molar-refractivity contribution in [2.24, 2.45) is 5.41 Å². The van der Waals surface area contributed by atoms with E-state index in [0.717, 1.165) is 17.7 Å². The van der Waals surface area contributed by atoms with Crippen molar-refractivity contribution in [3.8, 4) is 22.4 Å². The summed E-state index contributed by atoms with van der Waals surface area (Å²) in [6.45, 7) is 13.4. The third kappa shape index (κ3) is 4.38. The van der Waals surface area contributed by atoms with Crippen LogP contribution in [-0.2, 0) is 6.42 Å². The normalized spacial score (nSPS) is 11.3. The van der Waals surface area contributed by atoms with Crippen molar-refractivity contribution in [2.45, 2.75) is 27.2 Å². The maximum absolute atomic E-state index is 14.0. The SMILES string of the molecule is [C-]#[N+]c1c(F)cc(-c2cccc(-c3cc(CC(C)(C)C)ccn3)c2)cc1F. The van der Waals surface area contributed by atoms with Gasteiger partial charge in [-0.05, 0) is 58.9 Å². The average molecular weight is 362 g/mol. The van der Waals surface area contributed by atoms with Gasteiger partial charge in [-0.1, -0.05) is 39.0 Å². The van der Waals surface area contributed by atoms with Crippen molar-refractivity contribution in [3.63, 3.8) is 0 Å². The fourth-order valence-electron chi connectivity index (χ4n) is 3.05. The molecular weight excluding hydrogens is 342 g/mol. The topological polar surface area (TPSA) is 17.2 Å². The first-order valence-corrected chi connectivity index (χ1v) is 8.69. The van der Waals surface area contributed by atoms with E-state index >= 15 is 0 Å². The Bertz CT molecular complexity index is 1000. The summed E-state index contributed by atoms with van der Waals surface area (Å²) >= 11 is 0. The molecule has 3 aromatic rings. The van der Waals surface area contributed by atoms with Crippen molar-refractivity contribution in [1.29, 1.82) is 0 Å². The van der Waals surface area contributed by atoms with Crippen LogP contribution in [0.4, 0.5) is 14.5 Å². The van der Waals surface area contributed by atoms with Gasteiger partial charge in [0.2, 0.25) is 0 Å². The first-order valence-electron chi connectivity index (χ1n) is 8.69. The largest absolute Gasteiger partial charge is 0.256 e. The molecule has 0 bridgehead atoms. The summed E-state index contributed by atoms with van der Waals surface area (Å²) in [7, 11) is 0. The van der Waals surface area contributed by atoms with Crippen molar-refractivity contribution < 1.29 is 8.78 Å². The molecule has 4 heteroatoms. The van der Waals surface area contributed by atoms with Gasteiger partial charge in [0.25, 0.3) is 5.69 Å². The minimum atomic E-state index is -0.851. The van der Waals surface area contributed by atoms with Gasteiger partial charge in [-0.15, -0.1) is 0 Å². The number of hydrogen-bond acceptors (Lipinski definition) is 1. The lowest BCUT2D eigenvalue weighted by Gasteiger charge is -2.18. The zero-order chi connectivity index (χ0) is 19.6. The Kier molecular flexibility index (Phi) is 5.05. The summed E-state index contributed by atoms with van der Waals surface area (Å²) in [6.07, 6.45) is 2.71. The molecule has 1 heterocycles. The Morgan fingerprint density at radius 1 is 0.926 bits per heavy atom. The Morgan fingerprint density at radius 2 is 1.59 bits per heavy atom. The second kappa shape index (κ2) is 7.28. The van der Waals surface area contributed by atoms with E-state index < -0.39 is 17.3 Å². The molecule has 0 aliphatic heterocycles. The molecular formula is C23H20F2N2. The molecule has 3 rings (SSSR count). The predicted octanol–water partition coefficient (Wildman–Crippen LogP) is 6.83. The van der Waals surface area contributed by atoms with Crippen LogP contribution < -0.4 is 0 Å². The fraction of sp³-hybridized carbons (Fsp3) is 0.217. The van der Waals surface area contributed by atoms with E-state index in [9.17, 15) is 8.78 Å². The highest BCUT2D eigenvalue weighted by molar-refractivity contribution is 5.73. The Hall–Kier alpha value is -3.06. The first kappa shape index (κ1) is 18.7. The summed E-state index contributed by atoms with van der Waals surface area (Å²) in [5.74, 6) is -1.70. The second-order valence-electron chi connectivity index (χ2n) is 7.77. The maximum atomic E-state index is 14.0. The van der Waals surface area contributed by atoms with Gasteiger partial charge in [0.05, 0.1) is 12.3 Å². The van der Waals surface area contributed by atoms with E-state index in [1.54, 1.807) is 12.3 Å². The molecule has 2 nitrogen and oxygen atoms in total. The van der Waals surface area contributed by atoms with Gasteiger partial charge in [0.1, 0.15) is 11.6 Å². The number of hydrogen-bond donors (Lipinski definition) is 0. The van der Waals surface area contributed by atoms with Crippen LogP contribution >= 0.6 is 0 Å². The van der Waals surface area contributed by atoms with E-state index in [-0.39, 0.29) is 5.41 Å². The molecule has 0 atom stereocenters. The Morgan fingerprint density at radius 3 is 2.22 bits per heavy atom. The van der Waals surface area contributed by atoms with Crippen LogP contribution in [0.1, 0.15) is 26.3 Å². The highest BCUT2D eigenvalue weighted by atomic mass is 19.1. The van der Waals surface area contributed by atoms with Crippen molar-refractivity contribution in [1.82, 2.24) is 4.98 Å². The van der Waals surface area contributed by atoms with Gasteiger partial charge in [-0.2, -0.15) is 0 Å². The van der Waals surface area contributed by atoms with E-state index in [1.807, 2.05) is 30.3 Å². The summed E-state index contributed by atoms with van der Waals surface area (Å²) < 4.78 is 27.9. The molecule has 0 spiro atoms. The molecule has 1 aromatic heterocycles. The van der Waals surface area contributed by atoms with Crippen LogP contribution in [0.25, 0.3) is 27.2 Å². The molecule has 0 unspecified atom stereocenters. The summed E-state index contributed by atoms with van der Waals surface area (Å²) in [6, 6.07) is 13.8. The molecule has 0 radical (unpaired) electrons. The lowest BCUT2D eigenvalue weighted by Crippen LogP contribution is -2.09. The number of halogens is 2. The zero-order valence-electron chi connectivity index (χ0n) is 15.6. The highest BCUT2D eigenvalue weighted by Gasteiger charge is 2.14. The number of pyridine rings is 1. The minimum Gasteiger partial charge on any atom is -0.256 e. The van der Waals surface area contributed by atoms with Gasteiger partial charge in [0, 0.05) is 11.8 Å². The summed E-state index contributed by atoms with van der Waals surface area (Å²) in [4.78, 5) is 7.35. The van der Waals surface area contributed by atoms with Crippen molar-refractivity contribution in [2.75, 3.05) is 0 Å². The first-order chi connectivity index (χ1) is 12.8.